The molecule has 0 unspecified atom stereocenters. The fourth-order valence-electron chi connectivity index (χ4n) is 1.61. The third kappa shape index (κ3) is 2.97. The van der Waals surface area contributed by atoms with Crippen molar-refractivity contribution in [2.24, 2.45) is 0 Å². The molecule has 0 aliphatic heterocycles. The molecular weight excluding hydrogens is 262 g/mol. The molecule has 0 aliphatic carbocycles. The number of hydrogen-bond donors (Lipinski definition) is 1. The molecule has 0 fully saturated rings. The van der Waals surface area contributed by atoms with Gasteiger partial charge in [0.2, 0.25) is 0 Å². The Hall–Kier alpha value is -2.76. The standard InChI is InChI=1S/C14H13NO5/c1-18-12-4-3-10(6-13(12)19-2)20-11-5-9(14(16)17)7-15-8-11/h3-8H,1-2H3,(H,16,17). The molecule has 6 nitrogen and oxygen atoms in total. The highest BCUT2D eigenvalue weighted by molar-refractivity contribution is 5.87. The van der Waals surface area contributed by atoms with Crippen molar-refractivity contribution in [1.82, 2.24) is 4.98 Å². The van der Waals surface area contributed by atoms with Gasteiger partial charge in [-0.25, -0.2) is 4.79 Å². The van der Waals surface area contributed by atoms with Gasteiger partial charge in [0.1, 0.15) is 11.5 Å². The van der Waals surface area contributed by atoms with E-state index in [4.69, 9.17) is 19.3 Å². The second-order valence-electron chi connectivity index (χ2n) is 3.83. The van der Waals surface area contributed by atoms with E-state index in [-0.39, 0.29) is 5.56 Å². The highest BCUT2D eigenvalue weighted by atomic mass is 16.5. The normalized spacial score (nSPS) is 9.90. The van der Waals surface area contributed by atoms with Gasteiger partial charge in [0.25, 0.3) is 0 Å². The Kier molecular flexibility index (Phi) is 4.05. The van der Waals surface area contributed by atoms with Crippen LogP contribution in [-0.4, -0.2) is 30.3 Å². The van der Waals surface area contributed by atoms with Crippen LogP contribution in [0.5, 0.6) is 23.0 Å². The summed E-state index contributed by atoms with van der Waals surface area (Å²) in [7, 11) is 3.06. The van der Waals surface area contributed by atoms with Crippen LogP contribution in [-0.2, 0) is 0 Å². The first-order valence-corrected chi connectivity index (χ1v) is 5.72. The fourth-order valence-corrected chi connectivity index (χ4v) is 1.61. The molecule has 0 atom stereocenters. The third-order valence-electron chi connectivity index (χ3n) is 2.55. The number of nitrogens with zero attached hydrogens (tertiary/aromatic N) is 1. The van der Waals surface area contributed by atoms with Crippen LogP contribution in [0.4, 0.5) is 0 Å². The van der Waals surface area contributed by atoms with E-state index in [1.807, 2.05) is 0 Å². The highest BCUT2D eigenvalue weighted by Gasteiger charge is 2.08. The summed E-state index contributed by atoms with van der Waals surface area (Å²) < 4.78 is 15.8. The van der Waals surface area contributed by atoms with E-state index in [0.29, 0.717) is 23.0 Å². The lowest BCUT2D eigenvalue weighted by molar-refractivity contribution is 0.0696. The number of aromatic carboxylic acids is 1. The van der Waals surface area contributed by atoms with Gasteiger partial charge in [0.15, 0.2) is 11.5 Å². The van der Waals surface area contributed by atoms with Gasteiger partial charge in [0.05, 0.1) is 26.0 Å². The molecule has 0 saturated heterocycles. The largest absolute Gasteiger partial charge is 0.493 e. The maximum atomic E-state index is 10.9. The minimum atomic E-state index is -1.06. The van der Waals surface area contributed by atoms with Gasteiger partial charge in [-0.2, -0.15) is 0 Å². The highest BCUT2D eigenvalue weighted by Crippen LogP contribution is 2.32. The average Bonchev–Trinajstić information content (AvgIpc) is 2.47. The van der Waals surface area contributed by atoms with Gasteiger partial charge in [-0.05, 0) is 18.2 Å². The Balaban J connectivity index is 2.25. The Morgan fingerprint density at radius 3 is 2.45 bits per heavy atom. The predicted octanol–water partition coefficient (Wildman–Crippen LogP) is 2.59. The molecule has 6 heteroatoms. The first kappa shape index (κ1) is 13.7. The van der Waals surface area contributed by atoms with Crippen molar-refractivity contribution in [2.45, 2.75) is 0 Å². The topological polar surface area (TPSA) is 77.9 Å². The van der Waals surface area contributed by atoms with Gasteiger partial charge in [-0.15, -0.1) is 0 Å². The lowest BCUT2D eigenvalue weighted by atomic mass is 10.2. The predicted molar refractivity (Wildman–Crippen MR) is 70.8 cm³/mol. The van der Waals surface area contributed by atoms with Crippen molar-refractivity contribution >= 4 is 5.97 Å². The van der Waals surface area contributed by atoms with E-state index in [9.17, 15) is 4.79 Å². The van der Waals surface area contributed by atoms with E-state index in [2.05, 4.69) is 4.98 Å². The average molecular weight is 275 g/mol. The van der Waals surface area contributed by atoms with Crippen LogP contribution < -0.4 is 14.2 Å². The maximum absolute atomic E-state index is 10.9. The van der Waals surface area contributed by atoms with Crippen LogP contribution in [0.15, 0.2) is 36.7 Å². The molecule has 1 heterocycles. The molecule has 0 bridgehead atoms. The first-order chi connectivity index (χ1) is 9.63. The van der Waals surface area contributed by atoms with Crippen molar-refractivity contribution in [1.29, 1.82) is 0 Å². The van der Waals surface area contributed by atoms with E-state index in [1.165, 1.54) is 25.6 Å². The number of carboxylic acids is 1. The zero-order valence-corrected chi connectivity index (χ0v) is 11.0. The number of pyridine rings is 1. The van der Waals surface area contributed by atoms with Gasteiger partial charge in [-0.1, -0.05) is 0 Å². The maximum Gasteiger partial charge on any atom is 0.337 e. The number of rotatable bonds is 5. The first-order valence-electron chi connectivity index (χ1n) is 5.72. The van der Waals surface area contributed by atoms with Crippen molar-refractivity contribution in [3.63, 3.8) is 0 Å². The summed E-state index contributed by atoms with van der Waals surface area (Å²) in [6.07, 6.45) is 2.69. The zero-order chi connectivity index (χ0) is 14.5. The Labute approximate surface area is 115 Å². The number of methoxy groups -OCH3 is 2. The second kappa shape index (κ2) is 5.92. The fraction of sp³-hybridized carbons (Fsp3) is 0.143. The van der Waals surface area contributed by atoms with Crippen LogP contribution in [0.1, 0.15) is 10.4 Å². The Morgan fingerprint density at radius 2 is 1.80 bits per heavy atom. The number of hydrogen-bond acceptors (Lipinski definition) is 5. The monoisotopic (exact) mass is 275 g/mol. The summed E-state index contributed by atoms with van der Waals surface area (Å²) in [4.78, 5) is 14.7. The lowest BCUT2D eigenvalue weighted by Crippen LogP contribution is -1.97. The van der Waals surface area contributed by atoms with Gasteiger partial charge in [-0.3, -0.25) is 4.98 Å². The molecule has 2 aromatic rings. The number of carbonyl (C=O) groups is 1. The van der Waals surface area contributed by atoms with Crippen molar-refractivity contribution < 1.29 is 24.1 Å². The second-order valence-corrected chi connectivity index (χ2v) is 3.83. The van der Waals surface area contributed by atoms with E-state index in [1.54, 1.807) is 25.3 Å². The molecule has 104 valence electrons. The van der Waals surface area contributed by atoms with Crippen molar-refractivity contribution in [3.05, 3.63) is 42.2 Å². The lowest BCUT2D eigenvalue weighted by Gasteiger charge is -2.10. The van der Waals surface area contributed by atoms with Crippen LogP contribution in [0.25, 0.3) is 0 Å². The van der Waals surface area contributed by atoms with Crippen molar-refractivity contribution in [3.8, 4) is 23.0 Å². The SMILES string of the molecule is COc1ccc(Oc2cncc(C(=O)O)c2)cc1OC. The summed E-state index contributed by atoms with van der Waals surface area (Å²) >= 11 is 0. The van der Waals surface area contributed by atoms with Crippen LogP contribution >= 0.6 is 0 Å². The molecule has 0 aliphatic rings. The minimum absolute atomic E-state index is 0.0583. The Morgan fingerprint density at radius 1 is 1.05 bits per heavy atom. The van der Waals surface area contributed by atoms with Crippen molar-refractivity contribution in [2.75, 3.05) is 14.2 Å². The summed E-state index contributed by atoms with van der Waals surface area (Å²) in [5.74, 6) is 0.865. The third-order valence-corrected chi connectivity index (χ3v) is 2.55. The number of ether oxygens (including phenoxy) is 3. The van der Waals surface area contributed by atoms with E-state index >= 15 is 0 Å². The van der Waals surface area contributed by atoms with Gasteiger partial charge in [0, 0.05) is 12.3 Å². The molecule has 0 saturated carbocycles. The smallest absolute Gasteiger partial charge is 0.337 e. The molecule has 20 heavy (non-hydrogen) atoms. The van der Waals surface area contributed by atoms with Crippen LogP contribution in [0, 0.1) is 0 Å². The quantitative estimate of drug-likeness (QED) is 0.903. The summed E-state index contributed by atoms with van der Waals surface area (Å²) in [6, 6.07) is 6.43. The number of aromatic nitrogens is 1. The molecule has 0 radical (unpaired) electrons. The molecule has 0 amide bonds. The molecule has 0 spiro atoms. The summed E-state index contributed by atoms with van der Waals surface area (Å²) in [6.45, 7) is 0. The van der Waals surface area contributed by atoms with Crippen LogP contribution in [0.2, 0.25) is 0 Å². The van der Waals surface area contributed by atoms with Gasteiger partial charge >= 0.3 is 5.97 Å². The zero-order valence-electron chi connectivity index (χ0n) is 11.0. The number of carboxylic acid groups (broad SMARTS) is 1. The summed E-state index contributed by atoms with van der Waals surface area (Å²) in [5.41, 5.74) is 0.0583. The molecule has 1 aromatic heterocycles. The molecule has 1 aromatic carbocycles. The Bertz CT molecular complexity index is 627. The summed E-state index contributed by atoms with van der Waals surface area (Å²) in [5, 5.41) is 8.89. The van der Waals surface area contributed by atoms with Crippen LogP contribution in [0.3, 0.4) is 0 Å². The molecule has 2 rings (SSSR count). The van der Waals surface area contributed by atoms with E-state index < -0.39 is 5.97 Å². The van der Waals surface area contributed by atoms with E-state index in [0.717, 1.165) is 0 Å². The molecular formula is C14H13NO5. The minimum Gasteiger partial charge on any atom is -0.493 e. The molecule has 1 N–H and O–H groups in total. The number of benzene rings is 1. The van der Waals surface area contributed by atoms with Gasteiger partial charge < -0.3 is 19.3 Å².